The maximum Gasteiger partial charge on any atom is 0.407 e. The van der Waals surface area contributed by atoms with E-state index in [0.29, 0.717) is 26.2 Å². The predicted octanol–water partition coefficient (Wildman–Crippen LogP) is 0.935. The fourth-order valence-electron chi connectivity index (χ4n) is 1.96. The van der Waals surface area contributed by atoms with Crippen LogP contribution >= 0.6 is 0 Å². The van der Waals surface area contributed by atoms with E-state index >= 15 is 0 Å². The van der Waals surface area contributed by atoms with E-state index in [1.165, 1.54) is 4.90 Å². The molecule has 1 aliphatic heterocycles. The lowest BCUT2D eigenvalue weighted by atomic mass is 10.2. The minimum absolute atomic E-state index is 0.495. The standard InChI is InChI=1S/C12H17N3O3/c1-9(16)10-2-3-11(13-8-10)14-4-6-15(7-5-14)12(17)18/h2-3,8-9,16H,4-7H2,1H3,(H,17,18). The third kappa shape index (κ3) is 2.70. The van der Waals surface area contributed by atoms with Gasteiger partial charge in [0.2, 0.25) is 0 Å². The molecule has 18 heavy (non-hydrogen) atoms. The third-order valence-electron chi connectivity index (χ3n) is 3.13. The van der Waals surface area contributed by atoms with Crippen molar-refractivity contribution in [1.29, 1.82) is 0 Å². The van der Waals surface area contributed by atoms with Gasteiger partial charge in [-0.1, -0.05) is 6.07 Å². The zero-order valence-electron chi connectivity index (χ0n) is 10.3. The maximum atomic E-state index is 10.8. The number of amides is 1. The fraction of sp³-hybridized carbons (Fsp3) is 0.500. The Morgan fingerprint density at radius 2 is 2.00 bits per heavy atom. The Bertz CT molecular complexity index is 411. The van der Waals surface area contributed by atoms with Gasteiger partial charge in [0.25, 0.3) is 0 Å². The van der Waals surface area contributed by atoms with Crippen molar-refractivity contribution in [2.45, 2.75) is 13.0 Å². The van der Waals surface area contributed by atoms with Crippen LogP contribution in [0.1, 0.15) is 18.6 Å². The van der Waals surface area contributed by atoms with Gasteiger partial charge in [-0.2, -0.15) is 0 Å². The highest BCUT2D eigenvalue weighted by molar-refractivity contribution is 5.65. The van der Waals surface area contributed by atoms with E-state index < -0.39 is 12.2 Å². The van der Waals surface area contributed by atoms with Crippen LogP contribution in [0.15, 0.2) is 18.3 Å². The molecule has 0 aliphatic carbocycles. The monoisotopic (exact) mass is 251 g/mol. The van der Waals surface area contributed by atoms with Gasteiger partial charge in [-0.05, 0) is 18.6 Å². The summed E-state index contributed by atoms with van der Waals surface area (Å²) in [4.78, 5) is 18.5. The van der Waals surface area contributed by atoms with E-state index in [-0.39, 0.29) is 0 Å². The van der Waals surface area contributed by atoms with Crippen molar-refractivity contribution >= 4 is 11.9 Å². The molecule has 2 rings (SSSR count). The molecule has 0 aromatic carbocycles. The predicted molar refractivity (Wildman–Crippen MR) is 66.7 cm³/mol. The molecule has 1 unspecified atom stereocenters. The topological polar surface area (TPSA) is 76.9 Å². The zero-order chi connectivity index (χ0) is 13.1. The van der Waals surface area contributed by atoms with Gasteiger partial charge in [-0.15, -0.1) is 0 Å². The third-order valence-corrected chi connectivity index (χ3v) is 3.13. The number of hydrogen-bond acceptors (Lipinski definition) is 4. The van der Waals surface area contributed by atoms with Gasteiger partial charge in [0, 0.05) is 32.4 Å². The van der Waals surface area contributed by atoms with Crippen molar-refractivity contribution in [2.24, 2.45) is 0 Å². The van der Waals surface area contributed by atoms with Crippen LogP contribution in [0.2, 0.25) is 0 Å². The molecule has 1 aromatic rings. The normalized spacial score (nSPS) is 17.7. The Labute approximate surface area is 105 Å². The highest BCUT2D eigenvalue weighted by atomic mass is 16.4. The average molecular weight is 251 g/mol. The largest absolute Gasteiger partial charge is 0.465 e. The summed E-state index contributed by atoms with van der Waals surface area (Å²) >= 11 is 0. The molecule has 1 saturated heterocycles. The Morgan fingerprint density at radius 1 is 1.33 bits per heavy atom. The summed E-state index contributed by atoms with van der Waals surface area (Å²) in [5.74, 6) is 0.824. The number of nitrogens with zero attached hydrogens (tertiary/aromatic N) is 3. The minimum Gasteiger partial charge on any atom is -0.465 e. The lowest BCUT2D eigenvalue weighted by Crippen LogP contribution is -2.48. The molecular formula is C12H17N3O3. The summed E-state index contributed by atoms with van der Waals surface area (Å²) < 4.78 is 0. The van der Waals surface area contributed by atoms with Gasteiger partial charge < -0.3 is 20.0 Å². The number of carboxylic acid groups (broad SMARTS) is 1. The van der Waals surface area contributed by atoms with Gasteiger partial charge in [0.05, 0.1) is 6.10 Å². The van der Waals surface area contributed by atoms with Crippen molar-refractivity contribution in [1.82, 2.24) is 9.88 Å². The van der Waals surface area contributed by atoms with Gasteiger partial charge in [-0.25, -0.2) is 9.78 Å². The number of pyridine rings is 1. The molecule has 0 radical (unpaired) electrons. The van der Waals surface area contributed by atoms with Gasteiger partial charge in [0.15, 0.2) is 0 Å². The smallest absolute Gasteiger partial charge is 0.407 e. The summed E-state index contributed by atoms with van der Waals surface area (Å²) in [5.41, 5.74) is 0.780. The summed E-state index contributed by atoms with van der Waals surface area (Å²) in [6.07, 6.45) is 0.270. The second-order valence-corrected chi connectivity index (χ2v) is 4.38. The van der Waals surface area contributed by atoms with E-state index in [1.54, 1.807) is 13.1 Å². The average Bonchev–Trinajstić information content (AvgIpc) is 2.39. The Balaban J connectivity index is 1.99. The molecule has 98 valence electrons. The molecule has 1 fully saturated rings. The van der Waals surface area contributed by atoms with Gasteiger partial charge in [0.1, 0.15) is 5.82 Å². The summed E-state index contributed by atoms with van der Waals surface area (Å²) in [7, 11) is 0. The van der Waals surface area contributed by atoms with Crippen LogP contribution in [-0.2, 0) is 0 Å². The lowest BCUT2D eigenvalue weighted by molar-refractivity contribution is 0.142. The second kappa shape index (κ2) is 5.22. The Hall–Kier alpha value is -1.82. The van der Waals surface area contributed by atoms with Crippen LogP contribution in [0.5, 0.6) is 0 Å². The zero-order valence-corrected chi connectivity index (χ0v) is 10.3. The first-order chi connectivity index (χ1) is 8.58. The molecule has 1 atom stereocenters. The van der Waals surface area contributed by atoms with Gasteiger partial charge >= 0.3 is 6.09 Å². The van der Waals surface area contributed by atoms with Crippen LogP contribution < -0.4 is 4.90 Å². The van der Waals surface area contributed by atoms with Crippen LogP contribution in [0.25, 0.3) is 0 Å². The number of aliphatic hydroxyl groups excluding tert-OH is 1. The number of aromatic nitrogens is 1. The second-order valence-electron chi connectivity index (χ2n) is 4.38. The molecule has 1 amide bonds. The van der Waals surface area contributed by atoms with Crippen LogP contribution in [-0.4, -0.2) is 52.4 Å². The first kappa shape index (κ1) is 12.6. The van der Waals surface area contributed by atoms with Gasteiger partial charge in [-0.3, -0.25) is 0 Å². The van der Waals surface area contributed by atoms with E-state index in [2.05, 4.69) is 4.98 Å². The summed E-state index contributed by atoms with van der Waals surface area (Å²) in [5, 5.41) is 18.3. The summed E-state index contributed by atoms with van der Waals surface area (Å²) in [6.45, 7) is 3.98. The van der Waals surface area contributed by atoms with Crippen molar-refractivity contribution in [3.05, 3.63) is 23.9 Å². The molecule has 1 aliphatic rings. The number of carbonyl (C=O) groups is 1. The molecular weight excluding hydrogens is 234 g/mol. The molecule has 0 spiro atoms. The van der Waals surface area contributed by atoms with Crippen LogP contribution in [0, 0.1) is 0 Å². The lowest BCUT2D eigenvalue weighted by Gasteiger charge is -2.33. The maximum absolute atomic E-state index is 10.8. The number of rotatable bonds is 2. The van der Waals surface area contributed by atoms with E-state index in [1.807, 2.05) is 17.0 Å². The highest BCUT2D eigenvalue weighted by Crippen LogP contribution is 2.17. The first-order valence-corrected chi connectivity index (χ1v) is 5.95. The number of hydrogen-bond donors (Lipinski definition) is 2. The van der Waals surface area contributed by atoms with Crippen LogP contribution in [0.4, 0.5) is 10.6 Å². The minimum atomic E-state index is -0.868. The van der Waals surface area contributed by atoms with Crippen LogP contribution in [0.3, 0.4) is 0 Å². The fourth-order valence-corrected chi connectivity index (χ4v) is 1.96. The highest BCUT2D eigenvalue weighted by Gasteiger charge is 2.21. The number of piperazine rings is 1. The molecule has 6 nitrogen and oxygen atoms in total. The Kier molecular flexibility index (Phi) is 3.66. The summed E-state index contributed by atoms with van der Waals surface area (Å²) in [6, 6.07) is 3.70. The number of aliphatic hydroxyl groups is 1. The van der Waals surface area contributed by atoms with Crippen molar-refractivity contribution < 1.29 is 15.0 Å². The molecule has 0 saturated carbocycles. The number of anilines is 1. The van der Waals surface area contributed by atoms with E-state index in [9.17, 15) is 9.90 Å². The molecule has 2 N–H and O–H groups in total. The molecule has 1 aromatic heterocycles. The molecule has 0 bridgehead atoms. The molecule has 6 heteroatoms. The van der Waals surface area contributed by atoms with Crippen molar-refractivity contribution in [2.75, 3.05) is 31.1 Å². The Morgan fingerprint density at radius 3 is 2.44 bits per heavy atom. The molecule has 2 heterocycles. The SMILES string of the molecule is CC(O)c1ccc(N2CCN(C(=O)O)CC2)nc1. The quantitative estimate of drug-likeness (QED) is 0.817. The first-order valence-electron chi connectivity index (χ1n) is 5.95. The van der Waals surface area contributed by atoms with E-state index in [0.717, 1.165) is 11.4 Å². The van der Waals surface area contributed by atoms with Crippen molar-refractivity contribution in [3.63, 3.8) is 0 Å². The van der Waals surface area contributed by atoms with E-state index in [4.69, 9.17) is 5.11 Å². The van der Waals surface area contributed by atoms with Crippen molar-refractivity contribution in [3.8, 4) is 0 Å².